The van der Waals surface area contributed by atoms with Gasteiger partial charge in [-0.15, -0.1) is 24.0 Å². The number of carbonyl (C=O) groups is 1. The van der Waals surface area contributed by atoms with Crippen molar-refractivity contribution in [1.29, 1.82) is 0 Å². The van der Waals surface area contributed by atoms with Crippen LogP contribution in [0.2, 0.25) is 0 Å². The van der Waals surface area contributed by atoms with Crippen molar-refractivity contribution in [3.05, 3.63) is 23.9 Å². The number of halogens is 1. The van der Waals surface area contributed by atoms with Crippen molar-refractivity contribution < 1.29 is 4.79 Å². The Balaban J connectivity index is 0.00000320. The molecule has 30 heavy (non-hydrogen) atoms. The molecule has 1 aromatic heterocycles. The van der Waals surface area contributed by atoms with Crippen molar-refractivity contribution in [2.24, 2.45) is 16.6 Å². The summed E-state index contributed by atoms with van der Waals surface area (Å²) in [6.07, 6.45) is 3.41. The Hall–Kier alpha value is -1.23. The Labute approximate surface area is 201 Å². The SMILES string of the molecule is CCNC(=NCc1cccnc1N1CCC(C(N)=O)CC1)N1CCSC(C)(C)C1.I. The number of carbonyl (C=O) groups excluding carboxylic acids is 1. The number of nitrogens with zero attached hydrogens (tertiary/aromatic N) is 4. The quantitative estimate of drug-likeness (QED) is 0.336. The average Bonchev–Trinajstić information content (AvgIpc) is 2.70. The highest BCUT2D eigenvalue weighted by molar-refractivity contribution is 14.0. The highest BCUT2D eigenvalue weighted by atomic mass is 127. The molecule has 3 heterocycles. The third kappa shape index (κ3) is 6.63. The van der Waals surface area contributed by atoms with E-state index in [4.69, 9.17) is 10.7 Å². The molecule has 168 valence electrons. The van der Waals surface area contributed by atoms with Gasteiger partial charge in [0.1, 0.15) is 5.82 Å². The van der Waals surface area contributed by atoms with Gasteiger partial charge in [0.05, 0.1) is 6.54 Å². The first-order valence-electron chi connectivity index (χ1n) is 10.5. The van der Waals surface area contributed by atoms with Crippen LogP contribution >= 0.6 is 35.7 Å². The van der Waals surface area contributed by atoms with Gasteiger partial charge in [0.15, 0.2) is 5.96 Å². The minimum atomic E-state index is -0.187. The number of piperidine rings is 1. The van der Waals surface area contributed by atoms with Crippen molar-refractivity contribution in [2.45, 2.75) is 44.9 Å². The van der Waals surface area contributed by atoms with Gasteiger partial charge in [0, 0.05) is 60.9 Å². The average molecular weight is 547 g/mol. The second kappa shape index (κ2) is 11.4. The van der Waals surface area contributed by atoms with E-state index in [0.717, 1.165) is 68.7 Å². The summed E-state index contributed by atoms with van der Waals surface area (Å²) in [6, 6.07) is 4.07. The van der Waals surface area contributed by atoms with E-state index in [9.17, 15) is 4.79 Å². The van der Waals surface area contributed by atoms with Gasteiger partial charge >= 0.3 is 0 Å². The number of hydrogen-bond acceptors (Lipinski definition) is 5. The molecule has 2 aliphatic rings. The molecule has 2 fully saturated rings. The van der Waals surface area contributed by atoms with E-state index >= 15 is 0 Å². The molecule has 7 nitrogen and oxygen atoms in total. The lowest BCUT2D eigenvalue weighted by Gasteiger charge is -2.39. The van der Waals surface area contributed by atoms with E-state index in [1.54, 1.807) is 0 Å². The van der Waals surface area contributed by atoms with Gasteiger partial charge in [-0.2, -0.15) is 11.8 Å². The van der Waals surface area contributed by atoms with Gasteiger partial charge in [-0.25, -0.2) is 9.98 Å². The molecule has 1 aromatic rings. The fourth-order valence-corrected chi connectivity index (χ4v) is 5.11. The number of primary amides is 1. The maximum Gasteiger partial charge on any atom is 0.220 e. The number of aromatic nitrogens is 1. The van der Waals surface area contributed by atoms with Crippen molar-refractivity contribution in [1.82, 2.24) is 15.2 Å². The van der Waals surface area contributed by atoms with Crippen molar-refractivity contribution >= 4 is 53.4 Å². The molecule has 2 aliphatic heterocycles. The molecule has 0 aliphatic carbocycles. The highest BCUT2D eigenvalue weighted by Crippen LogP contribution is 2.30. The summed E-state index contributed by atoms with van der Waals surface area (Å²) in [5.41, 5.74) is 6.59. The van der Waals surface area contributed by atoms with Gasteiger partial charge in [-0.1, -0.05) is 6.07 Å². The third-order valence-electron chi connectivity index (χ3n) is 5.52. The Morgan fingerprint density at radius 2 is 2.10 bits per heavy atom. The zero-order chi connectivity index (χ0) is 20.9. The standard InChI is InChI=1S/C21H34N6OS.HI/c1-4-23-20(27-12-13-29-21(2,3)15-27)25-14-17-6-5-9-24-19(17)26-10-7-16(8-11-26)18(22)28;/h5-6,9,16H,4,7-8,10-15H2,1-3H3,(H2,22,28)(H,23,25);1H. The molecule has 1 amide bonds. The fraction of sp³-hybridized carbons (Fsp3) is 0.667. The van der Waals surface area contributed by atoms with Crippen LogP contribution < -0.4 is 16.0 Å². The number of hydrogen-bond donors (Lipinski definition) is 2. The lowest BCUT2D eigenvalue weighted by atomic mass is 9.96. The topological polar surface area (TPSA) is 86.9 Å². The van der Waals surface area contributed by atoms with E-state index in [2.05, 4.69) is 46.9 Å². The molecule has 0 spiro atoms. The van der Waals surface area contributed by atoms with Gasteiger partial charge < -0.3 is 20.9 Å². The Bertz CT molecular complexity index is 736. The molecular weight excluding hydrogens is 511 g/mol. The summed E-state index contributed by atoms with van der Waals surface area (Å²) >= 11 is 2.02. The van der Waals surface area contributed by atoms with Crippen LogP contribution in [-0.4, -0.2) is 65.0 Å². The van der Waals surface area contributed by atoms with Crippen LogP contribution in [0.5, 0.6) is 0 Å². The van der Waals surface area contributed by atoms with Crippen LogP contribution in [0.15, 0.2) is 23.3 Å². The van der Waals surface area contributed by atoms with Crippen LogP contribution in [0, 0.1) is 5.92 Å². The number of rotatable bonds is 5. The van der Waals surface area contributed by atoms with Crippen LogP contribution in [0.25, 0.3) is 0 Å². The van der Waals surface area contributed by atoms with Gasteiger partial charge in [-0.3, -0.25) is 4.79 Å². The summed E-state index contributed by atoms with van der Waals surface area (Å²) in [5, 5.41) is 3.46. The molecule has 0 radical (unpaired) electrons. The largest absolute Gasteiger partial charge is 0.369 e. The van der Waals surface area contributed by atoms with Crippen LogP contribution in [0.3, 0.4) is 0 Å². The number of pyridine rings is 1. The van der Waals surface area contributed by atoms with Gasteiger partial charge in [-0.05, 0) is 39.7 Å². The van der Waals surface area contributed by atoms with E-state index in [1.165, 1.54) is 0 Å². The number of amides is 1. The monoisotopic (exact) mass is 546 g/mol. The molecule has 2 saturated heterocycles. The molecule has 0 aromatic carbocycles. The summed E-state index contributed by atoms with van der Waals surface area (Å²) in [5.74, 6) is 2.86. The predicted octanol–water partition coefficient (Wildman–Crippen LogP) is 2.69. The highest BCUT2D eigenvalue weighted by Gasteiger charge is 2.29. The molecule has 0 bridgehead atoms. The number of anilines is 1. The minimum Gasteiger partial charge on any atom is -0.369 e. The Kier molecular flexibility index (Phi) is 9.52. The predicted molar refractivity (Wildman–Crippen MR) is 137 cm³/mol. The first-order chi connectivity index (χ1) is 13.9. The van der Waals surface area contributed by atoms with E-state index < -0.39 is 0 Å². The number of aliphatic imine (C=N–C) groups is 1. The minimum absolute atomic E-state index is 0. The van der Waals surface area contributed by atoms with Crippen LogP contribution in [0.1, 0.15) is 39.2 Å². The lowest BCUT2D eigenvalue weighted by molar-refractivity contribution is -0.122. The summed E-state index contributed by atoms with van der Waals surface area (Å²) in [6.45, 7) is 11.7. The summed E-state index contributed by atoms with van der Waals surface area (Å²) < 4.78 is 0.235. The van der Waals surface area contributed by atoms with Gasteiger partial charge in [0.25, 0.3) is 0 Å². The number of guanidine groups is 1. The van der Waals surface area contributed by atoms with E-state index in [-0.39, 0.29) is 40.5 Å². The molecule has 0 unspecified atom stereocenters. The van der Waals surface area contributed by atoms with Crippen molar-refractivity contribution in [3.63, 3.8) is 0 Å². The molecule has 3 rings (SSSR count). The molecular formula is C21H35IN6OS. The molecule has 9 heteroatoms. The van der Waals surface area contributed by atoms with E-state index in [1.807, 2.05) is 24.0 Å². The Morgan fingerprint density at radius 1 is 1.37 bits per heavy atom. The third-order valence-corrected chi connectivity index (χ3v) is 6.82. The second-order valence-electron chi connectivity index (χ2n) is 8.35. The van der Waals surface area contributed by atoms with Gasteiger partial charge in [0.2, 0.25) is 5.91 Å². The maximum absolute atomic E-state index is 11.5. The second-order valence-corrected chi connectivity index (χ2v) is 10.2. The number of nitrogens with one attached hydrogen (secondary N) is 1. The molecule has 0 atom stereocenters. The van der Waals surface area contributed by atoms with Crippen LogP contribution in [0.4, 0.5) is 5.82 Å². The van der Waals surface area contributed by atoms with Crippen molar-refractivity contribution in [2.75, 3.05) is 43.4 Å². The maximum atomic E-state index is 11.5. The van der Waals surface area contributed by atoms with Crippen LogP contribution in [-0.2, 0) is 11.3 Å². The lowest BCUT2D eigenvalue weighted by Crippen LogP contribution is -2.50. The molecule has 3 N–H and O–H groups in total. The Morgan fingerprint density at radius 3 is 2.73 bits per heavy atom. The summed E-state index contributed by atoms with van der Waals surface area (Å²) in [4.78, 5) is 25.7. The zero-order valence-corrected chi connectivity index (χ0v) is 21.4. The number of thioether (sulfide) groups is 1. The smallest absolute Gasteiger partial charge is 0.220 e. The fourth-order valence-electron chi connectivity index (χ4n) is 4.00. The molecule has 0 saturated carbocycles. The number of nitrogens with two attached hydrogens (primary N) is 1. The normalized spacial score (nSPS) is 19.9. The first kappa shape index (κ1) is 25.0. The van der Waals surface area contributed by atoms with Crippen molar-refractivity contribution in [3.8, 4) is 0 Å². The zero-order valence-electron chi connectivity index (χ0n) is 18.3. The summed E-state index contributed by atoms with van der Waals surface area (Å²) in [7, 11) is 0. The first-order valence-corrected chi connectivity index (χ1v) is 11.5. The van der Waals surface area contributed by atoms with E-state index in [0.29, 0.717) is 6.54 Å².